The predicted octanol–water partition coefficient (Wildman–Crippen LogP) is 0.270. The fourth-order valence-corrected chi connectivity index (χ4v) is 3.77. The molecular weight excluding hydrogens is 270 g/mol. The molecule has 104 valence electrons. The van der Waals surface area contributed by atoms with E-state index in [1.807, 2.05) is 0 Å². The molecule has 1 aliphatic carbocycles. The van der Waals surface area contributed by atoms with E-state index in [0.717, 1.165) is 5.56 Å². The van der Waals surface area contributed by atoms with Crippen LogP contribution in [0.25, 0.3) is 0 Å². The van der Waals surface area contributed by atoms with E-state index in [1.165, 1.54) is 0 Å². The predicted molar refractivity (Wildman–Crippen MR) is 69.3 cm³/mol. The van der Waals surface area contributed by atoms with E-state index in [2.05, 4.69) is 22.1 Å². The molecule has 7 nitrogen and oxygen atoms in total. The van der Waals surface area contributed by atoms with Gasteiger partial charge in [-0.15, -0.1) is 0 Å². The van der Waals surface area contributed by atoms with E-state index in [9.17, 15) is 10.5 Å². The molecule has 1 saturated heterocycles. The van der Waals surface area contributed by atoms with E-state index in [1.54, 1.807) is 24.5 Å². The summed E-state index contributed by atoms with van der Waals surface area (Å²) in [5.74, 6) is -1.79. The van der Waals surface area contributed by atoms with E-state index in [4.69, 9.17) is 15.2 Å². The molecule has 1 aromatic rings. The van der Waals surface area contributed by atoms with Crippen molar-refractivity contribution in [2.45, 2.75) is 11.8 Å². The van der Waals surface area contributed by atoms with Gasteiger partial charge in [0.15, 0.2) is 5.41 Å². The molecule has 0 amide bonds. The lowest BCUT2D eigenvalue weighted by atomic mass is 9.94. The van der Waals surface area contributed by atoms with Gasteiger partial charge in [-0.25, -0.2) is 4.99 Å². The molecule has 3 atom stereocenters. The van der Waals surface area contributed by atoms with Gasteiger partial charge in [-0.1, -0.05) is 0 Å². The van der Waals surface area contributed by atoms with Gasteiger partial charge in [0.05, 0.1) is 25.4 Å². The van der Waals surface area contributed by atoms with E-state index >= 15 is 0 Å². The quantitative estimate of drug-likeness (QED) is 0.789. The van der Waals surface area contributed by atoms with Gasteiger partial charge in [-0.3, -0.25) is 4.98 Å². The van der Waals surface area contributed by atoms with Gasteiger partial charge in [0.2, 0.25) is 0 Å². The summed E-state index contributed by atoms with van der Waals surface area (Å²) in [6.45, 7) is 0.648. The molecule has 0 aromatic carbocycles. The Morgan fingerprint density at radius 2 is 1.86 bits per heavy atom. The molecule has 4 rings (SSSR count). The fraction of sp³-hybridized carbons (Fsp3) is 0.429. The number of aliphatic imine (C=N–C) groups is 1. The molecule has 21 heavy (non-hydrogen) atoms. The first kappa shape index (κ1) is 12.3. The standard InChI is InChI=1S/C14H11N5O2/c15-7-12-10(9-1-3-18-4-2-9)13(12,8-16)14(19-11(12)17)20-5-6-21-14/h1-4,10H,5-6H2,(H2,17,19). The molecule has 0 radical (unpaired) electrons. The maximum atomic E-state index is 9.83. The molecule has 1 spiro atoms. The summed E-state index contributed by atoms with van der Waals surface area (Å²) in [6.07, 6.45) is 3.24. The SMILES string of the molecule is N#CC12C(N)=NC3(OCCO3)C1(C#N)C2c1ccncc1. The maximum Gasteiger partial charge on any atom is 0.293 e. The van der Waals surface area contributed by atoms with Gasteiger partial charge in [0, 0.05) is 18.3 Å². The Kier molecular flexibility index (Phi) is 2.10. The van der Waals surface area contributed by atoms with Gasteiger partial charge in [-0.2, -0.15) is 10.5 Å². The third-order valence-corrected chi connectivity index (χ3v) is 4.65. The summed E-state index contributed by atoms with van der Waals surface area (Å²) < 4.78 is 11.2. The summed E-state index contributed by atoms with van der Waals surface area (Å²) >= 11 is 0. The first-order valence-electron chi connectivity index (χ1n) is 6.55. The highest BCUT2D eigenvalue weighted by molar-refractivity contribution is 6.00. The van der Waals surface area contributed by atoms with Crippen molar-refractivity contribution in [2.75, 3.05) is 13.2 Å². The Bertz CT molecular complexity index is 728. The summed E-state index contributed by atoms with van der Waals surface area (Å²) in [5, 5.41) is 19.6. The van der Waals surface area contributed by atoms with Crippen LogP contribution in [0.3, 0.4) is 0 Å². The number of hydrogen-bond acceptors (Lipinski definition) is 7. The number of hydrogen-bond donors (Lipinski definition) is 1. The lowest BCUT2D eigenvalue weighted by molar-refractivity contribution is -0.184. The third-order valence-electron chi connectivity index (χ3n) is 4.65. The highest BCUT2D eigenvalue weighted by Crippen LogP contribution is 2.82. The van der Waals surface area contributed by atoms with Crippen molar-refractivity contribution in [3.05, 3.63) is 30.1 Å². The molecule has 2 aliphatic heterocycles. The average molecular weight is 281 g/mol. The van der Waals surface area contributed by atoms with Crippen molar-refractivity contribution in [1.82, 2.24) is 4.98 Å². The number of ether oxygens (including phenoxy) is 2. The van der Waals surface area contributed by atoms with Crippen LogP contribution < -0.4 is 5.73 Å². The second-order valence-corrected chi connectivity index (χ2v) is 5.33. The monoisotopic (exact) mass is 281 g/mol. The molecule has 1 saturated carbocycles. The average Bonchev–Trinajstić information content (AvgIpc) is 2.78. The van der Waals surface area contributed by atoms with Crippen molar-refractivity contribution < 1.29 is 9.47 Å². The van der Waals surface area contributed by atoms with E-state index in [0.29, 0.717) is 13.2 Å². The fourth-order valence-electron chi connectivity index (χ4n) is 3.77. The van der Waals surface area contributed by atoms with Gasteiger partial charge >= 0.3 is 0 Å². The van der Waals surface area contributed by atoms with E-state index < -0.39 is 22.7 Å². The van der Waals surface area contributed by atoms with Crippen molar-refractivity contribution >= 4 is 5.84 Å². The van der Waals surface area contributed by atoms with Crippen molar-refractivity contribution in [3.8, 4) is 12.1 Å². The molecule has 3 aliphatic rings. The zero-order valence-corrected chi connectivity index (χ0v) is 11.0. The highest BCUT2D eigenvalue weighted by Gasteiger charge is 2.94. The lowest BCUT2D eigenvalue weighted by Gasteiger charge is -2.25. The minimum atomic E-state index is -1.46. The number of aromatic nitrogens is 1. The zero-order valence-electron chi connectivity index (χ0n) is 11.0. The number of amidine groups is 1. The van der Waals surface area contributed by atoms with Crippen LogP contribution >= 0.6 is 0 Å². The third kappa shape index (κ3) is 1.05. The second kappa shape index (κ2) is 3.59. The number of pyridine rings is 1. The summed E-state index contributed by atoms with van der Waals surface area (Å²) in [5.41, 5.74) is 4.38. The highest BCUT2D eigenvalue weighted by atomic mass is 16.8. The van der Waals surface area contributed by atoms with Crippen molar-refractivity contribution in [2.24, 2.45) is 21.6 Å². The van der Waals surface area contributed by atoms with Crippen LogP contribution in [0.15, 0.2) is 29.5 Å². The molecule has 3 heterocycles. The number of nitriles is 2. The molecule has 2 fully saturated rings. The van der Waals surface area contributed by atoms with Crippen LogP contribution in [0.5, 0.6) is 0 Å². The van der Waals surface area contributed by atoms with Gasteiger partial charge in [-0.05, 0) is 17.7 Å². The minimum Gasteiger partial charge on any atom is -0.386 e. The minimum absolute atomic E-state index is 0.107. The Morgan fingerprint density at radius 1 is 1.19 bits per heavy atom. The molecular formula is C14H11N5O2. The molecule has 1 aromatic heterocycles. The summed E-state index contributed by atoms with van der Waals surface area (Å²) in [4.78, 5) is 8.17. The maximum absolute atomic E-state index is 9.83. The smallest absolute Gasteiger partial charge is 0.293 e. The molecule has 7 heteroatoms. The zero-order chi connectivity index (χ0) is 14.7. The Hall–Kier alpha value is -2.48. The number of fused-ring (bicyclic) bond motifs is 2. The Labute approximate surface area is 120 Å². The van der Waals surface area contributed by atoms with Gasteiger partial charge in [0.25, 0.3) is 5.91 Å². The summed E-state index contributed by atoms with van der Waals surface area (Å²) in [7, 11) is 0. The topological polar surface area (TPSA) is 117 Å². The second-order valence-electron chi connectivity index (χ2n) is 5.33. The number of rotatable bonds is 1. The van der Waals surface area contributed by atoms with E-state index in [-0.39, 0.29) is 5.84 Å². The van der Waals surface area contributed by atoms with Crippen LogP contribution in [-0.4, -0.2) is 29.9 Å². The van der Waals surface area contributed by atoms with Crippen molar-refractivity contribution in [1.29, 1.82) is 10.5 Å². The Balaban J connectivity index is 1.95. The van der Waals surface area contributed by atoms with Gasteiger partial charge < -0.3 is 15.2 Å². The molecule has 2 N–H and O–H groups in total. The van der Waals surface area contributed by atoms with Crippen molar-refractivity contribution in [3.63, 3.8) is 0 Å². The van der Waals surface area contributed by atoms with Crippen LogP contribution in [0.2, 0.25) is 0 Å². The normalized spacial score (nSPS) is 38.4. The van der Waals surface area contributed by atoms with Crippen LogP contribution in [0, 0.1) is 33.5 Å². The Morgan fingerprint density at radius 3 is 2.43 bits per heavy atom. The first-order chi connectivity index (χ1) is 10.2. The largest absolute Gasteiger partial charge is 0.386 e. The number of nitrogens with two attached hydrogens (primary N) is 1. The molecule has 0 bridgehead atoms. The van der Waals surface area contributed by atoms with Crippen LogP contribution in [-0.2, 0) is 9.47 Å². The van der Waals surface area contributed by atoms with Crippen LogP contribution in [0.4, 0.5) is 0 Å². The van der Waals surface area contributed by atoms with Crippen LogP contribution in [0.1, 0.15) is 11.5 Å². The summed E-state index contributed by atoms with van der Waals surface area (Å²) in [6, 6.07) is 7.98. The lowest BCUT2D eigenvalue weighted by Crippen LogP contribution is -2.38. The first-order valence-corrected chi connectivity index (χ1v) is 6.55. The van der Waals surface area contributed by atoms with Gasteiger partial charge in [0.1, 0.15) is 11.3 Å². The molecule has 3 unspecified atom stereocenters. The number of nitrogens with zero attached hydrogens (tertiary/aromatic N) is 4.